The Morgan fingerprint density at radius 1 is 1.30 bits per heavy atom. The number of anilines is 1. The summed E-state index contributed by atoms with van der Waals surface area (Å²) in [6.07, 6.45) is 6.23. The van der Waals surface area contributed by atoms with Crippen LogP contribution in [0.4, 0.5) is 5.82 Å². The summed E-state index contributed by atoms with van der Waals surface area (Å²) >= 11 is 0. The van der Waals surface area contributed by atoms with Crippen molar-refractivity contribution in [2.24, 2.45) is 0 Å². The summed E-state index contributed by atoms with van der Waals surface area (Å²) in [5.41, 5.74) is 7.10. The maximum absolute atomic E-state index is 8.97. The standard InChI is InChI=1S/C15H13N7O/c16-7-9-4-5-18-11(6-9)23-15-12-13(17)19-8-20-14(12)22(21-15)10-2-1-3-10/h4-6,8,10H,1-3H2,(H2,17,19,20). The van der Waals surface area contributed by atoms with Crippen LogP contribution in [0.3, 0.4) is 0 Å². The molecule has 0 bridgehead atoms. The van der Waals surface area contributed by atoms with Crippen LogP contribution < -0.4 is 10.5 Å². The second-order valence-electron chi connectivity index (χ2n) is 5.39. The number of nitrogens with zero attached hydrogens (tertiary/aromatic N) is 6. The number of aromatic nitrogens is 5. The van der Waals surface area contributed by atoms with Crippen LogP contribution in [0.5, 0.6) is 11.8 Å². The highest BCUT2D eigenvalue weighted by Crippen LogP contribution is 2.38. The van der Waals surface area contributed by atoms with Crippen molar-refractivity contribution in [2.45, 2.75) is 25.3 Å². The van der Waals surface area contributed by atoms with E-state index in [4.69, 9.17) is 15.7 Å². The fourth-order valence-electron chi connectivity index (χ4n) is 2.55. The number of rotatable bonds is 3. The zero-order valence-corrected chi connectivity index (χ0v) is 12.2. The van der Waals surface area contributed by atoms with E-state index in [1.54, 1.807) is 12.1 Å². The van der Waals surface area contributed by atoms with Gasteiger partial charge < -0.3 is 10.5 Å². The Kier molecular flexibility index (Phi) is 3.05. The maximum Gasteiger partial charge on any atom is 0.253 e. The van der Waals surface area contributed by atoms with Crippen LogP contribution in [0.25, 0.3) is 11.0 Å². The van der Waals surface area contributed by atoms with E-state index in [1.165, 1.54) is 18.9 Å². The summed E-state index contributed by atoms with van der Waals surface area (Å²) in [5.74, 6) is 0.909. The largest absolute Gasteiger partial charge is 0.418 e. The number of nitrogen functional groups attached to an aromatic ring is 1. The van der Waals surface area contributed by atoms with E-state index in [-0.39, 0.29) is 5.88 Å². The molecule has 3 aromatic heterocycles. The fraction of sp³-hybridized carbons (Fsp3) is 0.267. The molecule has 0 unspecified atom stereocenters. The molecule has 0 aromatic carbocycles. The maximum atomic E-state index is 8.97. The lowest BCUT2D eigenvalue weighted by atomic mass is 9.93. The summed E-state index contributed by atoms with van der Waals surface area (Å²) in [7, 11) is 0. The third-order valence-corrected chi connectivity index (χ3v) is 3.97. The average molecular weight is 307 g/mol. The molecule has 0 atom stereocenters. The first kappa shape index (κ1) is 13.5. The number of nitriles is 1. The minimum Gasteiger partial charge on any atom is -0.418 e. The average Bonchev–Trinajstić information content (AvgIpc) is 2.86. The minimum absolute atomic E-state index is 0.285. The topological polar surface area (TPSA) is 116 Å². The molecule has 8 nitrogen and oxygen atoms in total. The van der Waals surface area contributed by atoms with Gasteiger partial charge in [0.1, 0.15) is 17.5 Å². The van der Waals surface area contributed by atoms with Gasteiger partial charge in [-0.15, -0.1) is 5.10 Å². The van der Waals surface area contributed by atoms with Gasteiger partial charge in [0, 0.05) is 12.3 Å². The molecular weight excluding hydrogens is 294 g/mol. The number of ether oxygens (including phenoxy) is 1. The van der Waals surface area contributed by atoms with Crippen LogP contribution in [0, 0.1) is 11.3 Å². The van der Waals surface area contributed by atoms with Gasteiger partial charge in [-0.2, -0.15) is 5.26 Å². The second-order valence-corrected chi connectivity index (χ2v) is 5.39. The van der Waals surface area contributed by atoms with Gasteiger partial charge in [-0.25, -0.2) is 19.6 Å². The van der Waals surface area contributed by atoms with E-state index in [0.29, 0.717) is 34.3 Å². The molecule has 0 amide bonds. The van der Waals surface area contributed by atoms with Crippen molar-refractivity contribution in [3.05, 3.63) is 30.2 Å². The lowest BCUT2D eigenvalue weighted by molar-refractivity contribution is 0.289. The summed E-state index contributed by atoms with van der Waals surface area (Å²) in [4.78, 5) is 12.4. The number of hydrogen-bond acceptors (Lipinski definition) is 7. The van der Waals surface area contributed by atoms with E-state index >= 15 is 0 Å². The quantitative estimate of drug-likeness (QED) is 0.788. The smallest absolute Gasteiger partial charge is 0.253 e. The highest BCUT2D eigenvalue weighted by atomic mass is 16.5. The Bertz CT molecular complexity index is 923. The Balaban J connectivity index is 1.81. The van der Waals surface area contributed by atoms with E-state index in [0.717, 1.165) is 12.8 Å². The molecule has 23 heavy (non-hydrogen) atoms. The Morgan fingerprint density at radius 2 is 2.17 bits per heavy atom. The van der Waals surface area contributed by atoms with Gasteiger partial charge in [0.15, 0.2) is 5.65 Å². The van der Waals surface area contributed by atoms with Crippen molar-refractivity contribution in [3.63, 3.8) is 0 Å². The zero-order chi connectivity index (χ0) is 15.8. The summed E-state index contributed by atoms with van der Waals surface area (Å²) < 4.78 is 7.61. The molecule has 0 spiro atoms. The van der Waals surface area contributed by atoms with E-state index < -0.39 is 0 Å². The first-order chi connectivity index (χ1) is 11.3. The third-order valence-electron chi connectivity index (χ3n) is 3.97. The van der Waals surface area contributed by atoms with Crippen molar-refractivity contribution in [1.82, 2.24) is 24.7 Å². The number of hydrogen-bond donors (Lipinski definition) is 1. The summed E-state index contributed by atoms with van der Waals surface area (Å²) in [5, 5.41) is 14.1. The van der Waals surface area contributed by atoms with Crippen molar-refractivity contribution >= 4 is 16.9 Å². The van der Waals surface area contributed by atoms with Gasteiger partial charge >= 0.3 is 0 Å². The highest BCUT2D eigenvalue weighted by Gasteiger charge is 2.26. The molecule has 0 radical (unpaired) electrons. The number of fused-ring (bicyclic) bond motifs is 1. The molecule has 3 heterocycles. The van der Waals surface area contributed by atoms with Gasteiger partial charge in [0.05, 0.1) is 17.7 Å². The molecule has 1 aliphatic carbocycles. The molecule has 114 valence electrons. The van der Waals surface area contributed by atoms with Crippen LogP contribution in [0.1, 0.15) is 30.9 Å². The van der Waals surface area contributed by atoms with Gasteiger partial charge in [0.2, 0.25) is 5.88 Å². The van der Waals surface area contributed by atoms with E-state index in [1.807, 2.05) is 10.8 Å². The minimum atomic E-state index is 0.285. The Hall–Kier alpha value is -3.21. The molecule has 3 aromatic rings. The second kappa shape index (κ2) is 5.21. The first-order valence-corrected chi connectivity index (χ1v) is 7.29. The van der Waals surface area contributed by atoms with Crippen LogP contribution in [0.15, 0.2) is 24.7 Å². The van der Waals surface area contributed by atoms with Crippen molar-refractivity contribution < 1.29 is 4.74 Å². The van der Waals surface area contributed by atoms with Crippen LogP contribution in [0.2, 0.25) is 0 Å². The number of pyridine rings is 1. The molecule has 1 fully saturated rings. The molecule has 0 aliphatic heterocycles. The molecule has 8 heteroatoms. The lowest BCUT2D eigenvalue weighted by Gasteiger charge is -2.25. The zero-order valence-electron chi connectivity index (χ0n) is 12.2. The van der Waals surface area contributed by atoms with Crippen molar-refractivity contribution in [3.8, 4) is 17.8 Å². The molecule has 1 aliphatic rings. The SMILES string of the molecule is N#Cc1ccnc(Oc2nn(C3CCC3)c3ncnc(N)c23)c1. The predicted octanol–water partition coefficient (Wildman–Crippen LogP) is 2.19. The number of nitrogens with two attached hydrogens (primary N) is 1. The van der Waals surface area contributed by atoms with Crippen LogP contribution >= 0.6 is 0 Å². The van der Waals surface area contributed by atoms with Crippen molar-refractivity contribution in [1.29, 1.82) is 5.26 Å². The Morgan fingerprint density at radius 3 is 2.91 bits per heavy atom. The molecule has 4 rings (SSSR count). The molecular formula is C15H13N7O. The van der Waals surface area contributed by atoms with Gasteiger partial charge in [-0.3, -0.25) is 0 Å². The monoisotopic (exact) mass is 307 g/mol. The van der Waals surface area contributed by atoms with Crippen molar-refractivity contribution in [2.75, 3.05) is 5.73 Å². The summed E-state index contributed by atoms with van der Waals surface area (Å²) in [6.45, 7) is 0. The van der Waals surface area contributed by atoms with Crippen LogP contribution in [-0.4, -0.2) is 24.7 Å². The van der Waals surface area contributed by atoms with E-state index in [9.17, 15) is 0 Å². The molecule has 0 saturated heterocycles. The predicted molar refractivity (Wildman–Crippen MR) is 81.6 cm³/mol. The molecule has 1 saturated carbocycles. The third kappa shape index (κ3) is 2.23. The Labute approximate surface area is 131 Å². The van der Waals surface area contributed by atoms with Crippen LogP contribution in [-0.2, 0) is 0 Å². The normalized spacial score (nSPS) is 14.4. The lowest BCUT2D eigenvalue weighted by Crippen LogP contribution is -2.18. The highest BCUT2D eigenvalue weighted by molar-refractivity contribution is 5.90. The van der Waals surface area contributed by atoms with Gasteiger partial charge in [0.25, 0.3) is 5.88 Å². The summed E-state index contributed by atoms with van der Waals surface area (Å²) in [6, 6.07) is 5.51. The fourth-order valence-corrected chi connectivity index (χ4v) is 2.55. The van der Waals surface area contributed by atoms with Gasteiger partial charge in [-0.05, 0) is 25.3 Å². The van der Waals surface area contributed by atoms with Gasteiger partial charge in [-0.1, -0.05) is 0 Å². The van der Waals surface area contributed by atoms with E-state index in [2.05, 4.69) is 20.1 Å². The molecule has 2 N–H and O–H groups in total. The first-order valence-electron chi connectivity index (χ1n) is 7.29.